The molecule has 162 valence electrons. The summed E-state index contributed by atoms with van der Waals surface area (Å²) >= 11 is 12.4. The highest BCUT2D eigenvalue weighted by Gasteiger charge is 2.46. The molecule has 1 aliphatic carbocycles. The number of aliphatic hydroxyl groups is 1. The van der Waals surface area contributed by atoms with Gasteiger partial charge >= 0.3 is 0 Å². The van der Waals surface area contributed by atoms with Crippen LogP contribution in [0.1, 0.15) is 44.0 Å². The van der Waals surface area contributed by atoms with Crippen LogP contribution in [0.4, 0.5) is 11.6 Å². The molecule has 1 aliphatic heterocycles. The number of halogens is 2. The Bertz CT molecular complexity index is 961. The summed E-state index contributed by atoms with van der Waals surface area (Å²) in [6.07, 6.45) is 4.47. The number of nitrogens with zero attached hydrogens (tertiary/aromatic N) is 4. The van der Waals surface area contributed by atoms with E-state index in [1.807, 2.05) is 6.92 Å². The van der Waals surface area contributed by atoms with Crippen LogP contribution in [0, 0.1) is 18.3 Å². The molecule has 2 aromatic rings. The molecule has 2 atom stereocenters. The Morgan fingerprint density at radius 3 is 2.50 bits per heavy atom. The number of hydrogen-bond acceptors (Lipinski definition) is 7. The highest BCUT2D eigenvalue weighted by atomic mass is 35.5. The molecule has 1 spiro atoms. The molecular weight excluding hydrogens is 423 g/mol. The monoisotopic (exact) mass is 450 g/mol. The second-order valence-electron chi connectivity index (χ2n) is 8.68. The molecule has 9 heteroatoms. The zero-order valence-electron chi connectivity index (χ0n) is 17.3. The minimum absolute atomic E-state index is 0.117. The van der Waals surface area contributed by atoms with Crippen molar-refractivity contribution in [3.8, 4) is 11.3 Å². The third-order valence-corrected chi connectivity index (χ3v) is 7.69. The first kappa shape index (κ1) is 21.6. The molecule has 5 N–H and O–H groups in total. The van der Waals surface area contributed by atoms with Crippen molar-refractivity contribution in [1.82, 2.24) is 15.0 Å². The van der Waals surface area contributed by atoms with Crippen molar-refractivity contribution in [2.45, 2.75) is 52.2 Å². The zero-order valence-corrected chi connectivity index (χ0v) is 18.8. The van der Waals surface area contributed by atoms with Gasteiger partial charge in [-0.1, -0.05) is 30.1 Å². The van der Waals surface area contributed by atoms with E-state index >= 15 is 0 Å². The lowest BCUT2D eigenvalue weighted by Gasteiger charge is -2.43. The third-order valence-electron chi connectivity index (χ3n) is 6.94. The minimum atomic E-state index is -0.222. The van der Waals surface area contributed by atoms with Gasteiger partial charge in [-0.15, -0.1) is 0 Å². The summed E-state index contributed by atoms with van der Waals surface area (Å²) in [5.41, 5.74) is 14.9. The Hall–Kier alpha value is -1.67. The molecule has 30 heavy (non-hydrogen) atoms. The van der Waals surface area contributed by atoms with E-state index in [-0.39, 0.29) is 34.1 Å². The number of nitrogens with two attached hydrogens (primary N) is 2. The van der Waals surface area contributed by atoms with Gasteiger partial charge in [0, 0.05) is 24.7 Å². The van der Waals surface area contributed by atoms with Crippen LogP contribution in [0.5, 0.6) is 0 Å². The maximum atomic E-state index is 10.0. The Morgan fingerprint density at radius 1 is 1.20 bits per heavy atom. The Kier molecular flexibility index (Phi) is 5.83. The van der Waals surface area contributed by atoms with E-state index < -0.39 is 0 Å². The summed E-state index contributed by atoms with van der Waals surface area (Å²) in [5.74, 6) is 1.55. The van der Waals surface area contributed by atoms with Crippen molar-refractivity contribution in [2.75, 3.05) is 23.7 Å². The molecule has 7 nitrogen and oxygen atoms in total. The van der Waals surface area contributed by atoms with Gasteiger partial charge < -0.3 is 21.5 Å². The molecule has 1 saturated carbocycles. The Balaban J connectivity index is 1.64. The standard InChI is InChI=1S/C21H28Cl2N6O/c1-11-3-4-21(18(11)25)5-7-29(8-6-21)20-14(10-30)27-17(12(2)26-20)13-9-15(24)28-19(23)16(13)22/h9,11,18,30H,3-8,10,25H2,1-2H3,(H2,24,28)/t11?,18-/m1/s1. The molecule has 2 aromatic heterocycles. The summed E-state index contributed by atoms with van der Waals surface area (Å²) in [7, 11) is 0. The molecule has 0 radical (unpaired) electrons. The van der Waals surface area contributed by atoms with E-state index in [1.165, 1.54) is 12.8 Å². The summed E-state index contributed by atoms with van der Waals surface area (Å²) in [4.78, 5) is 15.7. The number of anilines is 2. The minimum Gasteiger partial charge on any atom is -0.390 e. The summed E-state index contributed by atoms with van der Waals surface area (Å²) in [5, 5.41) is 10.4. The van der Waals surface area contributed by atoms with Crippen LogP contribution in [-0.4, -0.2) is 39.2 Å². The molecular formula is C21H28Cl2N6O. The summed E-state index contributed by atoms with van der Waals surface area (Å²) in [6, 6.07) is 1.88. The predicted molar refractivity (Wildman–Crippen MR) is 121 cm³/mol. The molecule has 1 saturated heterocycles. The molecule has 0 amide bonds. The van der Waals surface area contributed by atoms with Crippen LogP contribution in [-0.2, 0) is 6.61 Å². The number of hydrogen-bond donors (Lipinski definition) is 3. The fourth-order valence-corrected chi connectivity index (χ4v) is 5.44. The second-order valence-corrected chi connectivity index (χ2v) is 9.41. The van der Waals surface area contributed by atoms with Crippen molar-refractivity contribution in [3.63, 3.8) is 0 Å². The highest BCUT2D eigenvalue weighted by molar-refractivity contribution is 6.43. The average molecular weight is 451 g/mol. The van der Waals surface area contributed by atoms with Gasteiger partial charge in [-0.3, -0.25) is 0 Å². The molecule has 1 unspecified atom stereocenters. The van der Waals surface area contributed by atoms with Crippen LogP contribution in [0.15, 0.2) is 6.07 Å². The number of piperidine rings is 1. The van der Waals surface area contributed by atoms with Gasteiger partial charge in [-0.25, -0.2) is 15.0 Å². The van der Waals surface area contributed by atoms with Crippen LogP contribution in [0.25, 0.3) is 11.3 Å². The number of aliphatic hydroxyl groups excluding tert-OH is 1. The van der Waals surface area contributed by atoms with Crippen LogP contribution < -0.4 is 16.4 Å². The smallest absolute Gasteiger partial charge is 0.153 e. The van der Waals surface area contributed by atoms with E-state index in [0.717, 1.165) is 31.7 Å². The molecule has 2 aliphatic rings. The van der Waals surface area contributed by atoms with Gasteiger partial charge in [-0.05, 0) is 50.0 Å². The molecule has 0 aromatic carbocycles. The first-order chi connectivity index (χ1) is 14.3. The van der Waals surface area contributed by atoms with Gasteiger partial charge in [-0.2, -0.15) is 0 Å². The molecule has 0 bridgehead atoms. The Morgan fingerprint density at radius 2 is 1.90 bits per heavy atom. The van der Waals surface area contributed by atoms with Gasteiger partial charge in [0.15, 0.2) is 11.0 Å². The van der Waals surface area contributed by atoms with E-state index in [4.69, 9.17) is 39.7 Å². The number of aromatic nitrogens is 3. The van der Waals surface area contributed by atoms with Crippen LogP contribution in [0.2, 0.25) is 10.2 Å². The van der Waals surface area contributed by atoms with Crippen molar-refractivity contribution in [2.24, 2.45) is 17.1 Å². The van der Waals surface area contributed by atoms with E-state index in [9.17, 15) is 5.11 Å². The lowest BCUT2D eigenvalue weighted by molar-refractivity contribution is 0.185. The number of pyridine rings is 1. The third kappa shape index (κ3) is 3.62. The SMILES string of the molecule is Cc1nc(N2CCC3(CCC(C)[C@H]3N)CC2)c(CO)nc1-c1cc(N)nc(Cl)c1Cl. The summed E-state index contributed by atoms with van der Waals surface area (Å²) in [6.45, 7) is 5.62. The van der Waals surface area contributed by atoms with Crippen molar-refractivity contribution in [3.05, 3.63) is 27.6 Å². The van der Waals surface area contributed by atoms with Gasteiger partial charge in [0.05, 0.1) is 23.0 Å². The zero-order chi connectivity index (χ0) is 21.6. The fourth-order valence-electron chi connectivity index (χ4n) is 5.06. The van der Waals surface area contributed by atoms with Crippen LogP contribution >= 0.6 is 23.2 Å². The quantitative estimate of drug-likeness (QED) is 0.612. The number of rotatable bonds is 3. The number of nitrogen functional groups attached to an aromatic ring is 1. The molecule has 3 heterocycles. The van der Waals surface area contributed by atoms with E-state index in [1.54, 1.807) is 6.07 Å². The van der Waals surface area contributed by atoms with E-state index in [0.29, 0.717) is 28.6 Å². The first-order valence-electron chi connectivity index (χ1n) is 10.4. The van der Waals surface area contributed by atoms with Gasteiger partial charge in [0.25, 0.3) is 0 Å². The highest BCUT2D eigenvalue weighted by Crippen LogP contribution is 2.48. The van der Waals surface area contributed by atoms with Crippen molar-refractivity contribution >= 4 is 34.8 Å². The van der Waals surface area contributed by atoms with Crippen molar-refractivity contribution in [1.29, 1.82) is 0 Å². The molecule has 4 rings (SSSR count). The normalized spacial score (nSPS) is 23.3. The Labute approximate surface area is 186 Å². The largest absolute Gasteiger partial charge is 0.390 e. The van der Waals surface area contributed by atoms with Crippen molar-refractivity contribution < 1.29 is 5.11 Å². The maximum absolute atomic E-state index is 10.0. The average Bonchev–Trinajstić information content (AvgIpc) is 3.00. The molecule has 2 fully saturated rings. The first-order valence-corrected chi connectivity index (χ1v) is 11.1. The lowest BCUT2D eigenvalue weighted by atomic mass is 9.73. The number of aryl methyl sites for hydroxylation is 1. The summed E-state index contributed by atoms with van der Waals surface area (Å²) < 4.78 is 0. The van der Waals surface area contributed by atoms with Crippen LogP contribution in [0.3, 0.4) is 0 Å². The second kappa shape index (κ2) is 8.11. The van der Waals surface area contributed by atoms with E-state index in [2.05, 4.69) is 21.8 Å². The van der Waals surface area contributed by atoms with Gasteiger partial charge in [0.1, 0.15) is 11.5 Å². The van der Waals surface area contributed by atoms with Gasteiger partial charge in [0.2, 0.25) is 0 Å². The maximum Gasteiger partial charge on any atom is 0.153 e. The lowest BCUT2D eigenvalue weighted by Crippen LogP contribution is -2.48. The predicted octanol–water partition coefficient (Wildman–Crippen LogP) is 3.57. The topological polar surface area (TPSA) is 114 Å². The fraction of sp³-hybridized carbons (Fsp3) is 0.571.